The first kappa shape index (κ1) is 16.1. The molecular weight excluding hydrogens is 321 g/mol. The Balaban J connectivity index is 1.78. The molecule has 1 aromatic carbocycles. The Kier molecular flexibility index (Phi) is 3.76. The summed E-state index contributed by atoms with van der Waals surface area (Å²) >= 11 is 0. The van der Waals surface area contributed by atoms with E-state index in [0.717, 1.165) is 37.1 Å². The molecule has 3 aromatic rings. The minimum Gasteiger partial charge on any atom is -0.366 e. The topological polar surface area (TPSA) is 79.4 Å². The summed E-state index contributed by atoms with van der Waals surface area (Å²) in [5.74, 6) is -0.760. The van der Waals surface area contributed by atoms with Gasteiger partial charge in [-0.3, -0.25) is 9.89 Å². The van der Waals surface area contributed by atoms with Crippen molar-refractivity contribution >= 4 is 22.6 Å². The van der Waals surface area contributed by atoms with Gasteiger partial charge in [0.05, 0.1) is 11.1 Å². The number of aromatic nitrogens is 3. The van der Waals surface area contributed by atoms with Gasteiger partial charge in [0.1, 0.15) is 11.3 Å². The largest absolute Gasteiger partial charge is 0.366 e. The Morgan fingerprint density at radius 1 is 1.36 bits per heavy atom. The van der Waals surface area contributed by atoms with E-state index in [1.165, 1.54) is 12.1 Å². The number of hydrogen-bond donors (Lipinski definition) is 2. The minimum absolute atomic E-state index is 0.144. The molecule has 2 aromatic heterocycles. The molecule has 0 unspecified atom stereocenters. The number of nitrogens with zero attached hydrogens (tertiary/aromatic N) is 3. The monoisotopic (exact) mass is 343 g/mol. The van der Waals surface area contributed by atoms with Gasteiger partial charge < -0.3 is 10.6 Å². The molecule has 0 bridgehead atoms. The molecule has 1 saturated heterocycles. The Labute approximate surface area is 144 Å². The molecule has 0 radical (unpaired) electrons. The van der Waals surface area contributed by atoms with Crippen LogP contribution in [0, 0.1) is 5.82 Å². The standard InChI is InChI=1S/C18H22FN5O/c1-10(2)23-5-3-11(4-6-23)14-9-21-24-16-13(17(20)25)7-12(19)8-15(16)22-18(14)24/h7-11,21H,3-6H2,1-2H3,(H2,20,25). The third-order valence-corrected chi connectivity index (χ3v) is 5.29. The molecule has 1 aliphatic rings. The summed E-state index contributed by atoms with van der Waals surface area (Å²) in [5.41, 5.74) is 8.43. The third kappa shape index (κ3) is 2.59. The molecule has 3 heterocycles. The fourth-order valence-electron chi connectivity index (χ4n) is 3.91. The van der Waals surface area contributed by atoms with Gasteiger partial charge in [0, 0.05) is 23.9 Å². The smallest absolute Gasteiger partial charge is 0.251 e. The van der Waals surface area contributed by atoms with Crippen LogP contribution in [0.15, 0.2) is 18.3 Å². The number of benzene rings is 1. The van der Waals surface area contributed by atoms with Crippen LogP contribution in [0.5, 0.6) is 0 Å². The molecule has 132 valence electrons. The van der Waals surface area contributed by atoms with Crippen molar-refractivity contribution in [3.8, 4) is 0 Å². The fourth-order valence-corrected chi connectivity index (χ4v) is 3.91. The van der Waals surface area contributed by atoms with E-state index in [2.05, 4.69) is 28.8 Å². The lowest BCUT2D eigenvalue weighted by atomic mass is 9.90. The lowest BCUT2D eigenvalue weighted by Gasteiger charge is -2.34. The van der Waals surface area contributed by atoms with Crippen LogP contribution >= 0.6 is 0 Å². The molecule has 1 fully saturated rings. The van der Waals surface area contributed by atoms with Crippen molar-refractivity contribution in [3.63, 3.8) is 0 Å². The molecule has 3 N–H and O–H groups in total. The molecule has 0 atom stereocenters. The number of halogens is 1. The average Bonchev–Trinajstić information content (AvgIpc) is 3.12. The summed E-state index contributed by atoms with van der Waals surface area (Å²) in [4.78, 5) is 18.8. The Hall–Kier alpha value is -2.41. The number of carbonyl (C=O) groups is 1. The van der Waals surface area contributed by atoms with Crippen molar-refractivity contribution in [2.45, 2.75) is 38.6 Å². The number of rotatable bonds is 3. The van der Waals surface area contributed by atoms with E-state index in [1.54, 1.807) is 4.52 Å². The van der Waals surface area contributed by atoms with Crippen LogP contribution in [0.3, 0.4) is 0 Å². The van der Waals surface area contributed by atoms with Crippen LogP contribution < -0.4 is 5.73 Å². The number of nitrogens with one attached hydrogen (secondary N) is 1. The van der Waals surface area contributed by atoms with Gasteiger partial charge in [0.25, 0.3) is 5.91 Å². The highest BCUT2D eigenvalue weighted by Gasteiger charge is 2.26. The van der Waals surface area contributed by atoms with Crippen molar-refractivity contribution in [2.75, 3.05) is 13.1 Å². The zero-order valence-corrected chi connectivity index (χ0v) is 14.4. The first-order valence-electron chi connectivity index (χ1n) is 8.68. The molecule has 6 nitrogen and oxygen atoms in total. The molecule has 7 heteroatoms. The second-order valence-corrected chi connectivity index (χ2v) is 7.09. The first-order chi connectivity index (χ1) is 12.0. The number of amides is 1. The van der Waals surface area contributed by atoms with E-state index in [0.29, 0.717) is 23.0 Å². The quantitative estimate of drug-likeness (QED) is 0.767. The molecule has 1 amide bonds. The van der Waals surface area contributed by atoms with Crippen LogP contribution in [-0.4, -0.2) is 44.5 Å². The van der Waals surface area contributed by atoms with Gasteiger partial charge >= 0.3 is 0 Å². The first-order valence-corrected chi connectivity index (χ1v) is 8.68. The number of H-pyrrole nitrogens is 1. The zero-order valence-electron chi connectivity index (χ0n) is 14.4. The second-order valence-electron chi connectivity index (χ2n) is 7.09. The van der Waals surface area contributed by atoms with Crippen LogP contribution in [0.4, 0.5) is 4.39 Å². The van der Waals surface area contributed by atoms with E-state index < -0.39 is 11.7 Å². The van der Waals surface area contributed by atoms with Gasteiger partial charge in [-0.05, 0) is 51.8 Å². The number of aromatic amines is 1. The molecule has 0 aliphatic carbocycles. The molecular formula is C18H22FN5O. The van der Waals surface area contributed by atoms with Crippen molar-refractivity contribution < 1.29 is 9.18 Å². The minimum atomic E-state index is -0.660. The normalized spacial score (nSPS) is 17.1. The van der Waals surface area contributed by atoms with Crippen LogP contribution in [0.2, 0.25) is 0 Å². The third-order valence-electron chi connectivity index (χ3n) is 5.29. The number of likely N-dealkylation sites (tertiary alicyclic amines) is 1. The maximum Gasteiger partial charge on any atom is 0.251 e. The zero-order chi connectivity index (χ0) is 17.7. The predicted octanol–water partition coefficient (Wildman–Crippen LogP) is 2.64. The summed E-state index contributed by atoms with van der Waals surface area (Å²) in [7, 11) is 0. The Bertz CT molecular complexity index is 949. The number of nitrogens with two attached hydrogens (primary N) is 1. The molecule has 0 saturated carbocycles. The highest BCUT2D eigenvalue weighted by molar-refractivity contribution is 6.05. The van der Waals surface area contributed by atoms with E-state index in [-0.39, 0.29) is 5.56 Å². The summed E-state index contributed by atoms with van der Waals surface area (Å²) < 4.78 is 15.5. The summed E-state index contributed by atoms with van der Waals surface area (Å²) in [6, 6.07) is 3.07. The molecule has 25 heavy (non-hydrogen) atoms. The van der Waals surface area contributed by atoms with Crippen molar-refractivity contribution in [2.24, 2.45) is 5.73 Å². The molecule has 1 aliphatic heterocycles. The fraction of sp³-hybridized carbons (Fsp3) is 0.444. The number of fused-ring (bicyclic) bond motifs is 3. The Morgan fingerprint density at radius 3 is 2.72 bits per heavy atom. The average molecular weight is 343 g/mol. The van der Waals surface area contributed by atoms with E-state index >= 15 is 0 Å². The van der Waals surface area contributed by atoms with Gasteiger partial charge in [0.15, 0.2) is 5.65 Å². The molecule has 4 rings (SSSR count). The van der Waals surface area contributed by atoms with Gasteiger partial charge in [-0.15, -0.1) is 0 Å². The predicted molar refractivity (Wildman–Crippen MR) is 94.2 cm³/mol. The van der Waals surface area contributed by atoms with E-state index in [9.17, 15) is 9.18 Å². The summed E-state index contributed by atoms with van der Waals surface area (Å²) in [6.45, 7) is 6.55. The summed E-state index contributed by atoms with van der Waals surface area (Å²) in [5, 5.41) is 3.17. The van der Waals surface area contributed by atoms with Gasteiger partial charge in [0.2, 0.25) is 0 Å². The highest BCUT2D eigenvalue weighted by Crippen LogP contribution is 2.33. The van der Waals surface area contributed by atoms with E-state index in [1.807, 2.05) is 6.20 Å². The number of hydrogen-bond acceptors (Lipinski definition) is 3. The van der Waals surface area contributed by atoms with Crippen molar-refractivity contribution in [1.29, 1.82) is 0 Å². The maximum atomic E-state index is 13.8. The van der Waals surface area contributed by atoms with Gasteiger partial charge in [-0.2, -0.15) is 0 Å². The summed E-state index contributed by atoms with van der Waals surface area (Å²) in [6.07, 6.45) is 4.07. The highest BCUT2D eigenvalue weighted by atomic mass is 19.1. The van der Waals surface area contributed by atoms with Crippen LogP contribution in [0.1, 0.15) is 48.5 Å². The van der Waals surface area contributed by atoms with Crippen LogP contribution in [-0.2, 0) is 0 Å². The number of carbonyl (C=O) groups excluding carboxylic acids is 1. The number of piperidine rings is 1. The Morgan fingerprint density at radius 2 is 2.08 bits per heavy atom. The van der Waals surface area contributed by atoms with Crippen molar-refractivity contribution in [1.82, 2.24) is 19.5 Å². The SMILES string of the molecule is CC(C)N1CCC(c2c[nH]n3c2nc2cc(F)cc(C(N)=O)c23)CC1. The van der Waals surface area contributed by atoms with Crippen LogP contribution in [0.25, 0.3) is 16.7 Å². The second kappa shape index (κ2) is 5.84. The lowest BCUT2D eigenvalue weighted by Crippen LogP contribution is -2.37. The van der Waals surface area contributed by atoms with Crippen molar-refractivity contribution in [3.05, 3.63) is 35.3 Å². The number of imidazole rings is 1. The lowest BCUT2D eigenvalue weighted by molar-refractivity contribution is 0.100. The maximum absolute atomic E-state index is 13.8. The number of primary amides is 1. The van der Waals surface area contributed by atoms with Gasteiger partial charge in [-0.1, -0.05) is 0 Å². The molecule has 0 spiro atoms. The van der Waals surface area contributed by atoms with Gasteiger partial charge in [-0.25, -0.2) is 13.9 Å². The van der Waals surface area contributed by atoms with E-state index in [4.69, 9.17) is 5.73 Å².